The summed E-state index contributed by atoms with van der Waals surface area (Å²) in [5, 5.41) is 3.43. The van der Waals surface area contributed by atoms with Crippen LogP contribution in [0.1, 0.15) is 10.4 Å². The van der Waals surface area contributed by atoms with E-state index >= 15 is 0 Å². The van der Waals surface area contributed by atoms with Gasteiger partial charge in [-0.1, -0.05) is 11.6 Å². The Morgan fingerprint density at radius 3 is 2.57 bits per heavy atom. The lowest BCUT2D eigenvalue weighted by atomic mass is 10.1. The van der Waals surface area contributed by atoms with Gasteiger partial charge in [0.1, 0.15) is 0 Å². The zero-order valence-electron chi connectivity index (χ0n) is 11.7. The third kappa shape index (κ3) is 3.68. The third-order valence-electron chi connectivity index (χ3n) is 2.92. The second-order valence-electron chi connectivity index (χ2n) is 4.75. The summed E-state index contributed by atoms with van der Waals surface area (Å²) in [4.78, 5) is 14.3. The van der Waals surface area contributed by atoms with E-state index in [-0.39, 0.29) is 5.91 Å². The van der Waals surface area contributed by atoms with Crippen LogP contribution in [0, 0.1) is 0 Å². The number of halogens is 2. The molecule has 4 nitrogen and oxygen atoms in total. The maximum absolute atomic E-state index is 12.4. The minimum absolute atomic E-state index is 0.222. The lowest BCUT2D eigenvalue weighted by molar-refractivity contribution is 0.102. The SMILES string of the molecule is CN(C)c1ccc(N)cc1C(=O)Nc1ccc(Cl)c(Br)c1. The van der Waals surface area contributed by atoms with E-state index in [1.807, 2.05) is 25.1 Å². The number of nitrogens with one attached hydrogen (secondary N) is 1. The van der Waals surface area contributed by atoms with Crippen LogP contribution < -0.4 is 16.0 Å². The molecule has 0 bridgehead atoms. The van der Waals surface area contributed by atoms with Crippen LogP contribution in [0.15, 0.2) is 40.9 Å². The van der Waals surface area contributed by atoms with E-state index in [0.717, 1.165) is 10.2 Å². The molecule has 0 fully saturated rings. The summed E-state index contributed by atoms with van der Waals surface area (Å²) < 4.78 is 0.724. The number of hydrogen-bond acceptors (Lipinski definition) is 3. The zero-order chi connectivity index (χ0) is 15.6. The van der Waals surface area contributed by atoms with Crippen molar-refractivity contribution < 1.29 is 4.79 Å². The van der Waals surface area contributed by atoms with Gasteiger partial charge in [0.05, 0.1) is 10.6 Å². The Hall–Kier alpha value is -1.72. The van der Waals surface area contributed by atoms with E-state index in [0.29, 0.717) is 22.0 Å². The minimum Gasteiger partial charge on any atom is -0.399 e. The van der Waals surface area contributed by atoms with Gasteiger partial charge in [-0.2, -0.15) is 0 Å². The fourth-order valence-electron chi connectivity index (χ4n) is 1.90. The van der Waals surface area contributed by atoms with Crippen molar-refractivity contribution in [1.29, 1.82) is 0 Å². The van der Waals surface area contributed by atoms with E-state index in [1.165, 1.54) is 0 Å². The second kappa shape index (κ2) is 6.37. The number of anilines is 3. The molecule has 2 rings (SSSR count). The molecule has 0 aliphatic rings. The third-order valence-corrected chi connectivity index (χ3v) is 4.14. The van der Waals surface area contributed by atoms with Crippen LogP contribution in [-0.2, 0) is 0 Å². The zero-order valence-corrected chi connectivity index (χ0v) is 14.0. The number of nitrogen functional groups attached to an aromatic ring is 1. The lowest BCUT2D eigenvalue weighted by Gasteiger charge is -2.17. The smallest absolute Gasteiger partial charge is 0.257 e. The van der Waals surface area contributed by atoms with Crippen molar-refractivity contribution in [1.82, 2.24) is 0 Å². The van der Waals surface area contributed by atoms with Gasteiger partial charge < -0.3 is 16.0 Å². The van der Waals surface area contributed by atoms with Crippen LogP contribution >= 0.6 is 27.5 Å². The highest BCUT2D eigenvalue weighted by Crippen LogP contribution is 2.27. The van der Waals surface area contributed by atoms with Gasteiger partial charge in [0, 0.05) is 35.6 Å². The van der Waals surface area contributed by atoms with Crippen molar-refractivity contribution in [3.05, 3.63) is 51.5 Å². The molecular formula is C15H15BrClN3O. The van der Waals surface area contributed by atoms with Gasteiger partial charge in [-0.3, -0.25) is 4.79 Å². The van der Waals surface area contributed by atoms with Crippen molar-refractivity contribution in [3.63, 3.8) is 0 Å². The highest BCUT2D eigenvalue weighted by atomic mass is 79.9. The summed E-state index contributed by atoms with van der Waals surface area (Å²) in [5.41, 5.74) is 8.30. The van der Waals surface area contributed by atoms with Crippen LogP contribution in [-0.4, -0.2) is 20.0 Å². The molecular weight excluding hydrogens is 354 g/mol. The molecule has 1 amide bonds. The van der Waals surface area contributed by atoms with Gasteiger partial charge in [-0.15, -0.1) is 0 Å². The minimum atomic E-state index is -0.222. The molecule has 0 heterocycles. The van der Waals surface area contributed by atoms with Crippen molar-refractivity contribution >= 4 is 50.5 Å². The monoisotopic (exact) mass is 367 g/mol. The number of benzene rings is 2. The Balaban J connectivity index is 2.31. The Bertz CT molecular complexity index is 689. The molecule has 0 aliphatic heterocycles. The van der Waals surface area contributed by atoms with Crippen LogP contribution in [0.25, 0.3) is 0 Å². The molecule has 110 valence electrons. The normalized spacial score (nSPS) is 10.3. The number of carbonyl (C=O) groups excluding carboxylic acids is 1. The molecule has 0 saturated heterocycles. The molecule has 0 radical (unpaired) electrons. The van der Waals surface area contributed by atoms with Crippen LogP contribution in [0.5, 0.6) is 0 Å². The lowest BCUT2D eigenvalue weighted by Crippen LogP contribution is -2.18. The molecule has 0 atom stereocenters. The van der Waals surface area contributed by atoms with Crippen LogP contribution in [0.3, 0.4) is 0 Å². The van der Waals surface area contributed by atoms with Crippen molar-refractivity contribution in [2.45, 2.75) is 0 Å². The maximum Gasteiger partial charge on any atom is 0.257 e. The predicted molar refractivity (Wildman–Crippen MR) is 92.3 cm³/mol. The van der Waals surface area contributed by atoms with Crippen molar-refractivity contribution in [2.24, 2.45) is 0 Å². The van der Waals surface area contributed by atoms with Crippen molar-refractivity contribution in [2.75, 3.05) is 30.0 Å². The Morgan fingerprint density at radius 2 is 1.95 bits per heavy atom. The largest absolute Gasteiger partial charge is 0.399 e. The van der Waals surface area contributed by atoms with E-state index in [9.17, 15) is 4.79 Å². The number of carbonyl (C=O) groups is 1. The molecule has 0 spiro atoms. The second-order valence-corrected chi connectivity index (χ2v) is 6.02. The first kappa shape index (κ1) is 15.7. The van der Waals surface area contributed by atoms with Gasteiger partial charge in [0.25, 0.3) is 5.91 Å². The molecule has 0 aliphatic carbocycles. The predicted octanol–water partition coefficient (Wildman–Crippen LogP) is 4.00. The first-order valence-corrected chi connectivity index (χ1v) is 7.39. The quantitative estimate of drug-likeness (QED) is 0.805. The molecule has 0 unspecified atom stereocenters. The molecule has 6 heteroatoms. The van der Waals surface area contributed by atoms with E-state index in [4.69, 9.17) is 17.3 Å². The first-order valence-electron chi connectivity index (χ1n) is 6.21. The molecule has 2 aromatic carbocycles. The summed E-state index contributed by atoms with van der Waals surface area (Å²) in [5.74, 6) is -0.222. The number of hydrogen-bond donors (Lipinski definition) is 2. The molecule has 2 aromatic rings. The fourth-order valence-corrected chi connectivity index (χ4v) is 2.39. The summed E-state index contributed by atoms with van der Waals surface area (Å²) in [6.45, 7) is 0. The van der Waals surface area contributed by atoms with Crippen LogP contribution in [0.2, 0.25) is 5.02 Å². The topological polar surface area (TPSA) is 58.4 Å². The number of nitrogens with two attached hydrogens (primary N) is 1. The average Bonchev–Trinajstić information content (AvgIpc) is 2.42. The summed E-state index contributed by atoms with van der Waals surface area (Å²) >= 11 is 9.27. The maximum atomic E-state index is 12.4. The van der Waals surface area contributed by atoms with E-state index in [1.54, 1.807) is 30.3 Å². The Labute approximate surface area is 137 Å². The Morgan fingerprint density at radius 1 is 1.24 bits per heavy atom. The van der Waals surface area contributed by atoms with Gasteiger partial charge in [-0.25, -0.2) is 0 Å². The van der Waals surface area contributed by atoms with Gasteiger partial charge in [0.2, 0.25) is 0 Å². The fraction of sp³-hybridized carbons (Fsp3) is 0.133. The highest BCUT2D eigenvalue weighted by molar-refractivity contribution is 9.10. The summed E-state index contributed by atoms with van der Waals surface area (Å²) in [7, 11) is 3.75. The van der Waals surface area contributed by atoms with E-state index in [2.05, 4.69) is 21.2 Å². The van der Waals surface area contributed by atoms with Crippen molar-refractivity contribution in [3.8, 4) is 0 Å². The summed E-state index contributed by atoms with van der Waals surface area (Å²) in [6, 6.07) is 10.5. The molecule has 21 heavy (non-hydrogen) atoms. The first-order chi connectivity index (χ1) is 9.88. The molecule has 3 N–H and O–H groups in total. The average molecular weight is 369 g/mol. The van der Waals surface area contributed by atoms with Gasteiger partial charge >= 0.3 is 0 Å². The van der Waals surface area contributed by atoms with Gasteiger partial charge in [0.15, 0.2) is 0 Å². The Kier molecular flexibility index (Phi) is 4.75. The number of nitrogens with zero attached hydrogens (tertiary/aromatic N) is 1. The molecule has 0 saturated carbocycles. The van der Waals surface area contributed by atoms with Crippen LogP contribution in [0.4, 0.5) is 17.1 Å². The van der Waals surface area contributed by atoms with Gasteiger partial charge in [-0.05, 0) is 52.3 Å². The molecule has 0 aromatic heterocycles. The summed E-state index contributed by atoms with van der Waals surface area (Å²) in [6.07, 6.45) is 0. The number of amides is 1. The number of rotatable bonds is 3. The highest BCUT2D eigenvalue weighted by Gasteiger charge is 2.14. The standard InChI is InChI=1S/C15H15BrClN3O/c1-20(2)14-6-3-9(18)7-11(14)15(21)19-10-4-5-13(17)12(16)8-10/h3-8H,18H2,1-2H3,(H,19,21). The van der Waals surface area contributed by atoms with E-state index < -0.39 is 0 Å².